The Hall–Kier alpha value is -2.91. The van der Waals surface area contributed by atoms with Gasteiger partial charge in [0.15, 0.2) is 11.6 Å². The van der Waals surface area contributed by atoms with Crippen LogP contribution in [0.25, 0.3) is 0 Å². The van der Waals surface area contributed by atoms with Gasteiger partial charge in [-0.25, -0.2) is 8.78 Å². The molecule has 204 valence electrons. The van der Waals surface area contributed by atoms with Crippen molar-refractivity contribution in [2.75, 3.05) is 11.9 Å². The van der Waals surface area contributed by atoms with Gasteiger partial charge in [-0.15, -0.1) is 0 Å². The molecule has 37 heavy (non-hydrogen) atoms. The lowest BCUT2D eigenvalue weighted by molar-refractivity contribution is -0.348. The first-order chi connectivity index (χ1) is 16.7. The summed E-state index contributed by atoms with van der Waals surface area (Å²) < 4.78 is 147. The van der Waals surface area contributed by atoms with Crippen molar-refractivity contribution < 1.29 is 57.9 Å². The highest BCUT2D eigenvalue weighted by molar-refractivity contribution is 9.10. The molecule has 0 aromatic heterocycles. The number of Topliss-reactive ketones (excluding diaryl/α,β-unsaturated/α-hetero) is 1. The molecule has 4 nitrogen and oxygen atoms in total. The summed E-state index contributed by atoms with van der Waals surface area (Å²) in [6.45, 7) is -0.168. The highest BCUT2D eigenvalue weighted by Crippen LogP contribution is 2.54. The number of carbonyl (C=O) groups excluding carboxylic acids is 2. The molecule has 16 heteroatoms. The molecule has 0 bridgehead atoms. The predicted molar refractivity (Wildman–Crippen MR) is 111 cm³/mol. The molecule has 3 N–H and O–H groups in total. The van der Waals surface area contributed by atoms with Crippen LogP contribution in [-0.2, 0) is 23.1 Å². The van der Waals surface area contributed by atoms with Gasteiger partial charge in [0.25, 0.3) is 0 Å². The first kappa shape index (κ1) is 30.3. The summed E-state index contributed by atoms with van der Waals surface area (Å²) in [5, 5.41) is 2.43. The summed E-state index contributed by atoms with van der Waals surface area (Å²) in [4.78, 5) is 23.4. The smallest absolute Gasteiger partial charge is 0.382 e. The van der Waals surface area contributed by atoms with Crippen molar-refractivity contribution in [3.05, 3.63) is 62.9 Å². The van der Waals surface area contributed by atoms with Crippen LogP contribution in [0.3, 0.4) is 0 Å². The van der Waals surface area contributed by atoms with E-state index in [4.69, 9.17) is 5.73 Å². The van der Waals surface area contributed by atoms with Crippen molar-refractivity contribution in [1.29, 1.82) is 0 Å². The van der Waals surface area contributed by atoms with E-state index in [0.29, 0.717) is 0 Å². The largest absolute Gasteiger partial charge is 0.435 e. The van der Waals surface area contributed by atoms with Crippen molar-refractivity contribution in [3.8, 4) is 0 Å². The van der Waals surface area contributed by atoms with Crippen LogP contribution in [-0.4, -0.2) is 30.6 Å². The number of primary amides is 1. The summed E-state index contributed by atoms with van der Waals surface area (Å²) >= 11 is 2.39. The summed E-state index contributed by atoms with van der Waals surface area (Å²) in [5.74, 6) is -3.34. The van der Waals surface area contributed by atoms with Crippen molar-refractivity contribution in [2.24, 2.45) is 5.73 Å². The predicted octanol–water partition coefficient (Wildman–Crippen LogP) is 6.61. The van der Waals surface area contributed by atoms with Crippen LogP contribution in [0.5, 0.6) is 0 Å². The van der Waals surface area contributed by atoms with Crippen LogP contribution in [0.15, 0.2) is 34.8 Å². The number of ketones is 1. The van der Waals surface area contributed by atoms with Gasteiger partial charge in [-0.05, 0) is 29.8 Å². The van der Waals surface area contributed by atoms with Crippen molar-refractivity contribution in [1.82, 2.24) is 0 Å². The minimum atomic E-state index is -6.68. The van der Waals surface area contributed by atoms with Gasteiger partial charge in [-0.2, -0.15) is 39.5 Å². The van der Waals surface area contributed by atoms with Gasteiger partial charge in [0.05, 0.1) is 16.8 Å². The normalized spacial score (nSPS) is 13.0. The van der Waals surface area contributed by atoms with Crippen molar-refractivity contribution in [3.63, 3.8) is 0 Å². The van der Waals surface area contributed by atoms with Crippen molar-refractivity contribution in [2.45, 2.75) is 37.0 Å². The Bertz CT molecular complexity index is 1180. The number of nitrogens with one attached hydrogen (secondary N) is 1. The van der Waals surface area contributed by atoms with Crippen LogP contribution in [0.1, 0.15) is 33.5 Å². The van der Waals surface area contributed by atoms with E-state index in [1.807, 2.05) is 0 Å². The first-order valence-corrected chi connectivity index (χ1v) is 10.6. The summed E-state index contributed by atoms with van der Waals surface area (Å²) in [5.41, 5.74) is -8.09. The maximum absolute atomic E-state index is 14.7. The van der Waals surface area contributed by atoms with E-state index >= 15 is 0 Å². The van der Waals surface area contributed by atoms with E-state index in [-0.39, 0.29) is 24.7 Å². The molecule has 0 saturated heterocycles. The molecule has 0 atom stereocenters. The maximum Gasteiger partial charge on any atom is 0.435 e. The molecule has 0 unspecified atom stereocenters. The lowest BCUT2D eigenvalue weighted by Crippen LogP contribution is -2.50. The highest BCUT2D eigenvalue weighted by Gasteiger charge is 2.73. The van der Waals surface area contributed by atoms with Gasteiger partial charge in [0, 0.05) is 29.4 Å². The number of halogens is 12. The Morgan fingerprint density at radius 1 is 0.919 bits per heavy atom. The topological polar surface area (TPSA) is 72.2 Å². The second-order valence-corrected chi connectivity index (χ2v) is 8.40. The summed E-state index contributed by atoms with van der Waals surface area (Å²) in [6.07, 6.45) is -20.6. The zero-order valence-corrected chi connectivity index (χ0v) is 19.5. The third-order valence-corrected chi connectivity index (χ3v) is 5.71. The minimum absolute atomic E-state index is 0.168. The Kier molecular flexibility index (Phi) is 8.57. The van der Waals surface area contributed by atoms with Crippen LogP contribution in [0, 0.1) is 5.82 Å². The third kappa shape index (κ3) is 6.33. The standard InChI is InChI=1S/C21H14BrF11N2O2/c22-13-7-9(18(24,20(28,29)30)21(31,32)33)6-12(19(25,26)27)11(13)8-15(36)10-2-1-3-14(17(10)23)35-5-4-16(34)37/h1-3,6-7,35H,4-5,8H2,(H2,34,37). The van der Waals surface area contributed by atoms with Gasteiger partial charge in [0.1, 0.15) is 0 Å². The van der Waals surface area contributed by atoms with Crippen LogP contribution in [0.4, 0.5) is 54.0 Å². The van der Waals surface area contributed by atoms with Gasteiger partial charge in [0.2, 0.25) is 5.91 Å². The molecule has 2 rings (SSSR count). The summed E-state index contributed by atoms with van der Waals surface area (Å²) in [7, 11) is 0. The fourth-order valence-electron chi connectivity index (χ4n) is 3.22. The Labute approximate surface area is 209 Å². The van der Waals surface area contributed by atoms with Gasteiger partial charge < -0.3 is 11.1 Å². The molecular formula is C21H14BrF11N2O2. The number of hydrogen-bond acceptors (Lipinski definition) is 3. The first-order valence-electron chi connectivity index (χ1n) is 9.78. The number of carbonyl (C=O) groups is 2. The second-order valence-electron chi connectivity index (χ2n) is 7.55. The van der Waals surface area contributed by atoms with Crippen LogP contribution >= 0.6 is 15.9 Å². The van der Waals surface area contributed by atoms with E-state index in [1.54, 1.807) is 0 Å². The van der Waals surface area contributed by atoms with E-state index in [1.165, 1.54) is 0 Å². The fourth-order valence-corrected chi connectivity index (χ4v) is 3.82. The number of nitrogens with two attached hydrogens (primary N) is 1. The maximum atomic E-state index is 14.7. The molecule has 2 aromatic rings. The third-order valence-electron chi connectivity index (χ3n) is 5.00. The quantitative estimate of drug-likeness (QED) is 0.260. The molecule has 0 fully saturated rings. The van der Waals surface area contributed by atoms with Crippen molar-refractivity contribution >= 4 is 33.3 Å². The Balaban J connectivity index is 2.58. The molecule has 0 saturated carbocycles. The number of alkyl halides is 10. The fraction of sp³-hybridized carbons (Fsp3) is 0.333. The second kappa shape index (κ2) is 10.5. The van der Waals surface area contributed by atoms with E-state index in [2.05, 4.69) is 21.2 Å². The summed E-state index contributed by atoms with van der Waals surface area (Å²) in [6, 6.07) is 2.25. The average Bonchev–Trinajstić information content (AvgIpc) is 2.72. The molecule has 2 aromatic carbocycles. The number of amides is 1. The van der Waals surface area contributed by atoms with Crippen LogP contribution in [0.2, 0.25) is 0 Å². The molecule has 0 spiro atoms. The SMILES string of the molecule is NC(=O)CCNc1cccc(C(=O)Cc2c(Br)cc(C(F)(C(F)(F)F)C(F)(F)F)cc2C(F)(F)F)c1F. The molecule has 0 radical (unpaired) electrons. The number of rotatable bonds is 8. The monoisotopic (exact) mass is 614 g/mol. The highest BCUT2D eigenvalue weighted by atomic mass is 79.9. The molecular weight excluding hydrogens is 601 g/mol. The van der Waals surface area contributed by atoms with Crippen LogP contribution < -0.4 is 11.1 Å². The van der Waals surface area contributed by atoms with E-state index < -0.39 is 80.9 Å². The number of anilines is 1. The van der Waals surface area contributed by atoms with E-state index in [9.17, 15) is 57.9 Å². The van der Waals surface area contributed by atoms with Gasteiger partial charge in [-0.1, -0.05) is 22.0 Å². The zero-order valence-electron chi connectivity index (χ0n) is 17.9. The zero-order chi connectivity index (χ0) is 28.6. The minimum Gasteiger partial charge on any atom is -0.382 e. The Morgan fingerprint density at radius 2 is 1.49 bits per heavy atom. The molecule has 1 amide bonds. The molecule has 0 aliphatic rings. The lowest BCUT2D eigenvalue weighted by Gasteiger charge is -2.31. The molecule has 0 aliphatic carbocycles. The average molecular weight is 615 g/mol. The number of benzene rings is 2. The molecule has 0 heterocycles. The van der Waals surface area contributed by atoms with E-state index in [0.717, 1.165) is 18.2 Å². The number of hydrogen-bond donors (Lipinski definition) is 2. The van der Waals surface area contributed by atoms with Gasteiger partial charge >= 0.3 is 24.2 Å². The lowest BCUT2D eigenvalue weighted by atomic mass is 9.89. The molecule has 0 aliphatic heterocycles. The van der Waals surface area contributed by atoms with Gasteiger partial charge in [-0.3, -0.25) is 9.59 Å². The Morgan fingerprint density at radius 3 is 1.97 bits per heavy atom.